The normalized spacial score (nSPS) is 11.6. The second kappa shape index (κ2) is 10.2. The van der Waals surface area contributed by atoms with Gasteiger partial charge in [0.2, 0.25) is 0 Å². The van der Waals surface area contributed by atoms with Gasteiger partial charge in [-0.3, -0.25) is 4.31 Å². The maximum absolute atomic E-state index is 14.6. The lowest BCUT2D eigenvalue weighted by atomic mass is 10.1. The van der Waals surface area contributed by atoms with Crippen LogP contribution in [0.2, 0.25) is 5.02 Å². The summed E-state index contributed by atoms with van der Waals surface area (Å²) in [7, 11) is -2.39. The molecule has 0 aliphatic rings. The number of sulfonamides is 1. The highest BCUT2D eigenvalue weighted by molar-refractivity contribution is 7.92. The molecule has 31 heavy (non-hydrogen) atoms. The Labute approximate surface area is 186 Å². The van der Waals surface area contributed by atoms with Gasteiger partial charge >= 0.3 is 0 Å². The first-order valence-corrected chi connectivity index (χ1v) is 11.7. The van der Waals surface area contributed by atoms with E-state index in [0.29, 0.717) is 31.0 Å². The van der Waals surface area contributed by atoms with Crippen LogP contribution in [0.25, 0.3) is 11.4 Å². The van der Waals surface area contributed by atoms with Crippen molar-refractivity contribution >= 4 is 27.3 Å². The Bertz CT molecular complexity index is 1120. The van der Waals surface area contributed by atoms with Crippen molar-refractivity contribution in [3.63, 3.8) is 0 Å². The molecule has 0 spiro atoms. The van der Waals surface area contributed by atoms with Crippen molar-refractivity contribution in [1.82, 2.24) is 14.8 Å². The van der Waals surface area contributed by atoms with Crippen molar-refractivity contribution in [1.29, 1.82) is 0 Å². The number of rotatable bonds is 10. The van der Waals surface area contributed by atoms with E-state index in [0.717, 1.165) is 12.5 Å². The zero-order valence-corrected chi connectivity index (χ0v) is 18.9. The third-order valence-corrected chi connectivity index (χ3v) is 6.86. The van der Waals surface area contributed by atoms with E-state index in [1.54, 1.807) is 29.9 Å². The van der Waals surface area contributed by atoms with E-state index < -0.39 is 15.8 Å². The number of methoxy groups -OCH3 is 1. The number of aromatic nitrogens is 3. The molecule has 2 aromatic carbocycles. The van der Waals surface area contributed by atoms with Gasteiger partial charge in [-0.2, -0.15) is 0 Å². The molecule has 3 aromatic rings. The first-order valence-electron chi connectivity index (χ1n) is 9.84. The predicted molar refractivity (Wildman–Crippen MR) is 118 cm³/mol. The Morgan fingerprint density at radius 1 is 1.23 bits per heavy atom. The van der Waals surface area contributed by atoms with Gasteiger partial charge in [-0.1, -0.05) is 43.1 Å². The fourth-order valence-electron chi connectivity index (χ4n) is 3.13. The molecular formula is C21H24ClFN4O3S. The van der Waals surface area contributed by atoms with Crippen molar-refractivity contribution in [3.05, 3.63) is 59.6 Å². The molecule has 0 aliphatic carbocycles. The molecule has 1 heterocycles. The van der Waals surface area contributed by atoms with Crippen LogP contribution in [-0.2, 0) is 21.3 Å². The fourth-order valence-corrected chi connectivity index (χ4v) is 4.83. The summed E-state index contributed by atoms with van der Waals surface area (Å²) < 4.78 is 49.7. The molecule has 0 aliphatic heterocycles. The monoisotopic (exact) mass is 466 g/mol. The average Bonchev–Trinajstić information content (AvgIpc) is 3.23. The van der Waals surface area contributed by atoms with Crippen LogP contribution in [0, 0.1) is 5.82 Å². The Morgan fingerprint density at radius 2 is 1.97 bits per heavy atom. The van der Waals surface area contributed by atoms with Crippen molar-refractivity contribution in [2.45, 2.75) is 31.2 Å². The Hall–Kier alpha value is -2.49. The van der Waals surface area contributed by atoms with E-state index in [1.165, 1.54) is 28.8 Å². The van der Waals surface area contributed by atoms with Gasteiger partial charge in [0.25, 0.3) is 10.0 Å². The van der Waals surface area contributed by atoms with Crippen LogP contribution in [0.15, 0.2) is 53.7 Å². The third kappa shape index (κ3) is 5.06. The number of hydrogen-bond acceptors (Lipinski definition) is 5. The minimum Gasteiger partial charge on any atom is -0.383 e. The summed E-state index contributed by atoms with van der Waals surface area (Å²) in [6.07, 6.45) is 2.86. The Kier molecular flexibility index (Phi) is 7.64. The van der Waals surface area contributed by atoms with Gasteiger partial charge in [-0.05, 0) is 24.6 Å². The van der Waals surface area contributed by atoms with Crippen LogP contribution >= 0.6 is 11.6 Å². The quantitative estimate of drug-likeness (QED) is 0.443. The van der Waals surface area contributed by atoms with Crippen LogP contribution in [0.3, 0.4) is 0 Å². The van der Waals surface area contributed by atoms with Crippen LogP contribution in [0.4, 0.5) is 10.1 Å². The Morgan fingerprint density at radius 3 is 2.65 bits per heavy atom. The van der Waals surface area contributed by atoms with Gasteiger partial charge in [0.1, 0.15) is 12.1 Å². The minimum absolute atomic E-state index is 0.119. The highest BCUT2D eigenvalue weighted by atomic mass is 35.5. The molecule has 0 fully saturated rings. The van der Waals surface area contributed by atoms with Crippen LogP contribution in [0.5, 0.6) is 0 Å². The maximum Gasteiger partial charge on any atom is 0.264 e. The number of anilines is 1. The fraction of sp³-hybridized carbons (Fsp3) is 0.333. The van der Waals surface area contributed by atoms with E-state index in [-0.39, 0.29) is 22.2 Å². The first kappa shape index (κ1) is 23.2. The van der Waals surface area contributed by atoms with Crippen molar-refractivity contribution in [2.24, 2.45) is 0 Å². The predicted octanol–water partition coefficient (Wildman–Crippen LogP) is 4.38. The molecule has 10 heteroatoms. The van der Waals surface area contributed by atoms with Gasteiger partial charge < -0.3 is 9.30 Å². The average molecular weight is 467 g/mol. The topological polar surface area (TPSA) is 77.3 Å². The standard InChI is InChI=1S/C21H24ClFN4O3S/c1-3-4-10-27(31(28,29)16-8-6-5-7-9-16)20-14-19(23)18(22)13-17(20)21-25-24-15-26(21)11-12-30-2/h5-9,13-15H,3-4,10-12H2,1-2H3. The SMILES string of the molecule is CCCCN(c1cc(F)c(Cl)cc1-c1nncn1CCOC)S(=O)(=O)c1ccccc1. The van der Waals surface area contributed by atoms with Gasteiger partial charge in [0.05, 0.1) is 22.2 Å². The van der Waals surface area contributed by atoms with E-state index in [2.05, 4.69) is 10.2 Å². The maximum atomic E-state index is 14.6. The summed E-state index contributed by atoms with van der Waals surface area (Å²) in [5.74, 6) is -0.341. The van der Waals surface area contributed by atoms with Crippen molar-refractivity contribution < 1.29 is 17.5 Å². The third-order valence-electron chi connectivity index (χ3n) is 4.75. The van der Waals surface area contributed by atoms with Crippen molar-refractivity contribution in [3.8, 4) is 11.4 Å². The first-order chi connectivity index (χ1) is 14.9. The molecule has 0 N–H and O–H groups in total. The summed E-state index contributed by atoms with van der Waals surface area (Å²) in [4.78, 5) is 0.119. The molecule has 0 amide bonds. The number of halogens is 2. The molecule has 7 nitrogen and oxygen atoms in total. The summed E-state index contributed by atoms with van der Waals surface area (Å²) in [5, 5.41) is 7.95. The van der Waals surface area contributed by atoms with Crippen molar-refractivity contribution in [2.75, 3.05) is 24.6 Å². The lowest BCUT2D eigenvalue weighted by molar-refractivity contribution is 0.187. The molecule has 1 aromatic heterocycles. The second-order valence-corrected chi connectivity index (χ2v) is 9.14. The number of hydrogen-bond donors (Lipinski definition) is 0. The Balaban J connectivity index is 2.20. The zero-order chi connectivity index (χ0) is 22.4. The summed E-state index contributed by atoms with van der Waals surface area (Å²) in [6.45, 7) is 2.97. The largest absolute Gasteiger partial charge is 0.383 e. The van der Waals surface area contributed by atoms with Gasteiger partial charge in [-0.25, -0.2) is 12.8 Å². The smallest absolute Gasteiger partial charge is 0.264 e. The summed E-state index contributed by atoms with van der Waals surface area (Å²) in [5.41, 5.74) is 0.529. The van der Waals surface area contributed by atoms with Crippen LogP contribution in [0.1, 0.15) is 19.8 Å². The second-order valence-electron chi connectivity index (χ2n) is 6.87. The van der Waals surface area contributed by atoms with Crippen LogP contribution < -0.4 is 4.31 Å². The molecule has 3 rings (SSSR count). The number of ether oxygens (including phenoxy) is 1. The molecular weight excluding hydrogens is 443 g/mol. The minimum atomic E-state index is -3.96. The lowest BCUT2D eigenvalue weighted by Gasteiger charge is -2.27. The lowest BCUT2D eigenvalue weighted by Crippen LogP contribution is -2.32. The van der Waals surface area contributed by atoms with E-state index in [4.69, 9.17) is 16.3 Å². The zero-order valence-electron chi connectivity index (χ0n) is 17.3. The molecule has 0 radical (unpaired) electrons. The highest BCUT2D eigenvalue weighted by Crippen LogP contribution is 2.37. The molecule has 0 saturated heterocycles. The molecule has 0 atom stereocenters. The molecule has 0 saturated carbocycles. The van der Waals surface area contributed by atoms with Gasteiger partial charge in [0.15, 0.2) is 5.82 Å². The molecule has 0 bridgehead atoms. The number of benzene rings is 2. The van der Waals surface area contributed by atoms with E-state index in [1.807, 2.05) is 6.92 Å². The highest BCUT2D eigenvalue weighted by Gasteiger charge is 2.29. The number of nitrogens with zero attached hydrogens (tertiary/aromatic N) is 4. The van der Waals surface area contributed by atoms with Gasteiger partial charge in [-0.15, -0.1) is 10.2 Å². The number of unbranched alkanes of at least 4 members (excludes halogenated alkanes) is 1. The molecule has 0 unspecified atom stereocenters. The van der Waals surface area contributed by atoms with E-state index in [9.17, 15) is 12.8 Å². The summed E-state index contributed by atoms with van der Waals surface area (Å²) in [6, 6.07) is 10.6. The summed E-state index contributed by atoms with van der Waals surface area (Å²) >= 11 is 6.07. The molecule has 166 valence electrons. The van der Waals surface area contributed by atoms with Crippen LogP contribution in [-0.4, -0.2) is 43.4 Å². The van der Waals surface area contributed by atoms with Gasteiger partial charge in [0, 0.05) is 31.8 Å². The van der Waals surface area contributed by atoms with E-state index >= 15 is 0 Å².